The van der Waals surface area contributed by atoms with Crippen LogP contribution in [0.2, 0.25) is 0 Å². The van der Waals surface area contributed by atoms with Gasteiger partial charge >= 0.3 is 0 Å². The normalized spacial score (nSPS) is 15.1. The molecule has 0 radical (unpaired) electrons. The van der Waals surface area contributed by atoms with Crippen molar-refractivity contribution < 1.29 is 14.6 Å². The van der Waals surface area contributed by atoms with Gasteiger partial charge in [-0.1, -0.05) is 19.8 Å². The molecule has 3 heterocycles. The Bertz CT molecular complexity index is 1140. The number of likely N-dealkylation sites (N-methyl/N-ethyl adjacent to an activating group) is 1. The molecular weight excluding hydrogens is 418 g/mol. The molecule has 1 fully saturated rings. The molecule has 8 nitrogen and oxygen atoms in total. The van der Waals surface area contributed by atoms with Crippen LogP contribution in [0.3, 0.4) is 0 Å². The fraction of sp³-hybridized carbons (Fsp3) is 0.440. The zero-order valence-electron chi connectivity index (χ0n) is 19.4. The van der Waals surface area contributed by atoms with E-state index in [4.69, 9.17) is 20.9 Å². The molecule has 1 aliphatic rings. The molecule has 0 amide bonds. The van der Waals surface area contributed by atoms with Crippen molar-refractivity contribution in [1.82, 2.24) is 19.9 Å². The van der Waals surface area contributed by atoms with E-state index >= 15 is 0 Å². The van der Waals surface area contributed by atoms with Gasteiger partial charge in [-0.25, -0.2) is 4.98 Å². The first-order chi connectivity index (χ1) is 16.0. The first-order valence-corrected chi connectivity index (χ1v) is 11.3. The molecule has 0 aliphatic carbocycles. The van der Waals surface area contributed by atoms with Crippen molar-refractivity contribution in [1.29, 1.82) is 0 Å². The molecule has 0 spiro atoms. The molecule has 4 rings (SSSR count). The first kappa shape index (κ1) is 23.1. The van der Waals surface area contributed by atoms with E-state index in [1.165, 1.54) is 0 Å². The predicted octanol–water partition coefficient (Wildman–Crippen LogP) is 2.30. The lowest BCUT2D eigenvalue weighted by Crippen LogP contribution is -2.37. The summed E-state index contributed by atoms with van der Waals surface area (Å²) in [5.41, 5.74) is 4.27. The summed E-state index contributed by atoms with van der Waals surface area (Å²) in [6.07, 6.45) is 7.02. The van der Waals surface area contributed by atoms with Crippen LogP contribution in [-0.4, -0.2) is 72.3 Å². The lowest BCUT2D eigenvalue weighted by atomic mass is 10.1. The highest BCUT2D eigenvalue weighted by Crippen LogP contribution is 2.31. The molecule has 1 unspecified atom stereocenters. The van der Waals surface area contributed by atoms with Crippen molar-refractivity contribution in [2.45, 2.75) is 25.9 Å². The van der Waals surface area contributed by atoms with Gasteiger partial charge in [0.15, 0.2) is 5.65 Å². The average molecular weight is 450 g/mol. The Morgan fingerprint density at radius 3 is 2.73 bits per heavy atom. The molecule has 33 heavy (non-hydrogen) atoms. The highest BCUT2D eigenvalue weighted by Gasteiger charge is 2.20. The van der Waals surface area contributed by atoms with Crippen molar-refractivity contribution in [3.05, 3.63) is 41.6 Å². The highest BCUT2D eigenvalue weighted by molar-refractivity contribution is 5.71. The average Bonchev–Trinajstić information content (AvgIpc) is 3.27. The third kappa shape index (κ3) is 5.11. The molecule has 1 aliphatic heterocycles. The third-order valence-electron chi connectivity index (χ3n) is 5.69. The maximum absolute atomic E-state index is 10.0. The smallest absolute Gasteiger partial charge is 0.161 e. The molecule has 2 aromatic heterocycles. The summed E-state index contributed by atoms with van der Waals surface area (Å²) in [6, 6.07) is 7.70. The van der Waals surface area contributed by atoms with Gasteiger partial charge in [0.05, 0.1) is 25.1 Å². The fourth-order valence-electron chi connectivity index (χ4n) is 3.94. The summed E-state index contributed by atoms with van der Waals surface area (Å²) in [5, 5.41) is 17.6. The number of terminal acetylenes is 1. The first-order valence-electron chi connectivity index (χ1n) is 11.3. The van der Waals surface area contributed by atoms with Gasteiger partial charge in [0.25, 0.3) is 0 Å². The van der Waals surface area contributed by atoms with Crippen molar-refractivity contribution in [2.24, 2.45) is 0 Å². The summed E-state index contributed by atoms with van der Waals surface area (Å²) in [6.45, 7) is 7.83. The van der Waals surface area contributed by atoms with Crippen molar-refractivity contribution in [3.63, 3.8) is 0 Å². The molecule has 2 N–H and O–H groups in total. The summed E-state index contributed by atoms with van der Waals surface area (Å²) < 4.78 is 13.3. The number of hydrogen-bond donors (Lipinski definition) is 2. The Kier molecular flexibility index (Phi) is 7.14. The number of aliphatic hydroxyl groups excluding tert-OH is 1. The molecule has 0 saturated carbocycles. The van der Waals surface area contributed by atoms with Crippen LogP contribution in [0.5, 0.6) is 5.75 Å². The lowest BCUT2D eigenvalue weighted by Gasteiger charge is -2.29. The van der Waals surface area contributed by atoms with E-state index in [1.807, 2.05) is 28.9 Å². The lowest BCUT2D eigenvalue weighted by molar-refractivity contribution is 0.108. The fourth-order valence-corrected chi connectivity index (χ4v) is 3.94. The number of aliphatic hydroxyl groups is 1. The van der Waals surface area contributed by atoms with E-state index in [0.29, 0.717) is 31.1 Å². The van der Waals surface area contributed by atoms with Gasteiger partial charge in [-0.3, -0.25) is 0 Å². The monoisotopic (exact) mass is 449 g/mol. The number of nitrogens with one attached hydrogen (secondary N) is 1. The third-order valence-corrected chi connectivity index (χ3v) is 5.69. The van der Waals surface area contributed by atoms with Gasteiger partial charge in [-0.05, 0) is 31.2 Å². The second-order valence-corrected chi connectivity index (χ2v) is 8.50. The van der Waals surface area contributed by atoms with Gasteiger partial charge in [0, 0.05) is 42.4 Å². The largest absolute Gasteiger partial charge is 0.491 e. The van der Waals surface area contributed by atoms with Crippen LogP contribution in [-0.2, 0) is 4.74 Å². The van der Waals surface area contributed by atoms with E-state index in [-0.39, 0.29) is 12.5 Å². The molecule has 1 saturated heterocycles. The Hall–Kier alpha value is -3.12. The maximum Gasteiger partial charge on any atom is 0.161 e. The molecule has 1 aromatic carbocycles. The second-order valence-electron chi connectivity index (χ2n) is 8.50. The standard InChI is InChI=1S/C25H31N5O3/c1-5-18-10-19(12-21(11-18)33-16-20(31)14-26-4)23-13-24(29-6-8-32-9-7-29)30-25(28-23)22(15-27-30)17(2)3/h1,10-13,15,17,20,26,31H,6-9,14,16H2,2-4H3. The minimum Gasteiger partial charge on any atom is -0.491 e. The summed E-state index contributed by atoms with van der Waals surface area (Å²) in [4.78, 5) is 7.26. The van der Waals surface area contributed by atoms with Gasteiger partial charge in [-0.15, -0.1) is 6.42 Å². The van der Waals surface area contributed by atoms with Crippen molar-refractivity contribution >= 4 is 11.5 Å². The Morgan fingerprint density at radius 1 is 1.24 bits per heavy atom. The van der Waals surface area contributed by atoms with Crippen LogP contribution in [0, 0.1) is 12.3 Å². The number of anilines is 1. The zero-order valence-corrected chi connectivity index (χ0v) is 19.4. The SMILES string of the molecule is C#Cc1cc(OCC(O)CNC)cc(-c2cc(N3CCOCC3)n3ncc(C(C)C)c3n2)c1. The van der Waals surface area contributed by atoms with E-state index in [2.05, 4.69) is 35.1 Å². The van der Waals surface area contributed by atoms with Crippen LogP contribution >= 0.6 is 0 Å². The number of morpholine rings is 1. The van der Waals surface area contributed by atoms with E-state index < -0.39 is 6.10 Å². The van der Waals surface area contributed by atoms with Gasteiger partial charge < -0.3 is 24.8 Å². The van der Waals surface area contributed by atoms with Gasteiger partial charge in [0.2, 0.25) is 0 Å². The van der Waals surface area contributed by atoms with E-state index in [9.17, 15) is 5.11 Å². The molecule has 3 aromatic rings. The minimum atomic E-state index is -0.615. The summed E-state index contributed by atoms with van der Waals surface area (Å²) in [5.74, 6) is 4.56. The Labute approximate surface area is 194 Å². The van der Waals surface area contributed by atoms with Crippen molar-refractivity contribution in [2.75, 3.05) is 51.4 Å². The molecular formula is C25H31N5O3. The molecule has 1 atom stereocenters. The number of nitrogens with zero attached hydrogens (tertiary/aromatic N) is 4. The maximum atomic E-state index is 10.0. The number of hydrogen-bond acceptors (Lipinski definition) is 7. The number of rotatable bonds is 8. The quantitative estimate of drug-likeness (QED) is 0.511. The number of benzene rings is 1. The molecule has 8 heteroatoms. The van der Waals surface area contributed by atoms with E-state index in [1.54, 1.807) is 13.1 Å². The highest BCUT2D eigenvalue weighted by atomic mass is 16.5. The number of fused-ring (bicyclic) bond motifs is 1. The second kappa shape index (κ2) is 10.2. The van der Waals surface area contributed by atoms with Crippen LogP contribution in [0.15, 0.2) is 30.5 Å². The van der Waals surface area contributed by atoms with Crippen LogP contribution < -0.4 is 15.0 Å². The predicted molar refractivity (Wildman–Crippen MR) is 129 cm³/mol. The van der Waals surface area contributed by atoms with Gasteiger partial charge in [-0.2, -0.15) is 9.61 Å². The molecule has 174 valence electrons. The molecule has 0 bridgehead atoms. The summed E-state index contributed by atoms with van der Waals surface area (Å²) >= 11 is 0. The van der Waals surface area contributed by atoms with Gasteiger partial charge in [0.1, 0.15) is 24.3 Å². The van der Waals surface area contributed by atoms with Crippen LogP contribution in [0.1, 0.15) is 30.9 Å². The summed E-state index contributed by atoms with van der Waals surface area (Å²) in [7, 11) is 1.79. The van der Waals surface area contributed by atoms with Crippen LogP contribution in [0.25, 0.3) is 16.9 Å². The Morgan fingerprint density at radius 2 is 2.03 bits per heavy atom. The number of aromatic nitrogens is 3. The Balaban J connectivity index is 1.79. The van der Waals surface area contributed by atoms with Crippen molar-refractivity contribution in [3.8, 4) is 29.4 Å². The zero-order chi connectivity index (χ0) is 23.4. The topological polar surface area (TPSA) is 84.2 Å². The minimum absolute atomic E-state index is 0.167. The van der Waals surface area contributed by atoms with Crippen LogP contribution in [0.4, 0.5) is 5.82 Å². The van der Waals surface area contributed by atoms with E-state index in [0.717, 1.165) is 41.4 Å². The number of ether oxygens (including phenoxy) is 2.